The second-order valence-corrected chi connectivity index (χ2v) is 14.2. The molecule has 2 saturated heterocycles. The monoisotopic (exact) mass is 671 g/mol. The van der Waals surface area contributed by atoms with E-state index in [0.29, 0.717) is 12.8 Å². The summed E-state index contributed by atoms with van der Waals surface area (Å²) < 4.78 is 97.3. The first-order valence-corrected chi connectivity index (χ1v) is 16.0. The summed E-state index contributed by atoms with van der Waals surface area (Å²) in [5, 5.41) is 16.4. The Bertz CT molecular complexity index is 1690. The number of hydrogen-bond donors (Lipinski definition) is 2. The summed E-state index contributed by atoms with van der Waals surface area (Å²) in [5.74, 6) is -5.49. The van der Waals surface area contributed by atoms with Crippen LogP contribution in [0.5, 0.6) is 0 Å². The number of alkyl halides is 3. The summed E-state index contributed by atoms with van der Waals surface area (Å²) in [6.07, 6.45) is -3.56. The minimum absolute atomic E-state index is 0.0268. The van der Waals surface area contributed by atoms with Crippen LogP contribution in [0.3, 0.4) is 0 Å². The van der Waals surface area contributed by atoms with Crippen LogP contribution in [-0.4, -0.2) is 83.2 Å². The Balaban J connectivity index is 1.48. The molecule has 2 aromatic rings. The van der Waals surface area contributed by atoms with Crippen LogP contribution < -0.4 is 5.32 Å². The van der Waals surface area contributed by atoms with Gasteiger partial charge in [-0.3, -0.25) is 14.6 Å². The lowest BCUT2D eigenvalue weighted by Crippen LogP contribution is -2.60. The Morgan fingerprint density at radius 2 is 1.78 bits per heavy atom. The Labute approximate surface area is 263 Å². The summed E-state index contributed by atoms with van der Waals surface area (Å²) in [6.45, 7) is 1.49. The molecule has 0 aromatic heterocycles. The SMILES string of the molecule is CN(C)S(=O)(=O)N1CCC(c2cc(C(F)(F)F)ccc2NC(=O)C2=C(O)C3(C)CCCN3N(Cc3cccc(F)c3F)C2=O)CC1. The third-order valence-electron chi connectivity index (χ3n) is 8.98. The number of rotatable bonds is 7. The van der Waals surface area contributed by atoms with Crippen molar-refractivity contribution in [2.75, 3.05) is 39.0 Å². The Morgan fingerprint density at radius 1 is 1.11 bits per heavy atom. The van der Waals surface area contributed by atoms with Crippen molar-refractivity contribution in [3.8, 4) is 0 Å². The van der Waals surface area contributed by atoms with Crippen LogP contribution in [0, 0.1) is 11.6 Å². The molecule has 0 bridgehead atoms. The molecule has 3 aliphatic rings. The van der Waals surface area contributed by atoms with E-state index in [1.165, 1.54) is 35.5 Å². The van der Waals surface area contributed by atoms with E-state index < -0.39 is 74.7 Å². The van der Waals surface area contributed by atoms with E-state index in [4.69, 9.17) is 0 Å². The molecule has 2 N–H and O–H groups in total. The standard InChI is InChI=1S/C30H34F5N5O5S/c1-29-12-5-13-40(29)39(17-19-6-4-7-22(31)25(19)32)28(43)24(26(29)41)27(42)36-23-9-8-20(30(33,34)35)16-21(23)18-10-14-38(15-11-18)46(44,45)37(2)3/h4,6-9,16,18,41H,5,10-15,17H2,1-3H3,(H,36,42). The molecule has 3 aliphatic heterocycles. The number of benzene rings is 2. The number of piperidine rings is 1. The zero-order chi connectivity index (χ0) is 33.8. The average Bonchev–Trinajstić information content (AvgIpc) is 3.40. The number of hydrazine groups is 1. The van der Waals surface area contributed by atoms with Gasteiger partial charge in [-0.2, -0.15) is 30.2 Å². The molecule has 3 heterocycles. The van der Waals surface area contributed by atoms with Gasteiger partial charge < -0.3 is 10.4 Å². The van der Waals surface area contributed by atoms with Gasteiger partial charge in [0.2, 0.25) is 0 Å². The maximum absolute atomic E-state index is 14.6. The maximum atomic E-state index is 14.6. The van der Waals surface area contributed by atoms with Gasteiger partial charge >= 0.3 is 6.18 Å². The molecule has 0 saturated carbocycles. The van der Waals surface area contributed by atoms with Crippen LogP contribution in [-0.2, 0) is 32.5 Å². The fourth-order valence-corrected chi connectivity index (χ4v) is 7.52. The minimum atomic E-state index is -4.71. The third kappa shape index (κ3) is 5.98. The van der Waals surface area contributed by atoms with Crippen molar-refractivity contribution in [1.29, 1.82) is 0 Å². The quantitative estimate of drug-likeness (QED) is 0.331. The van der Waals surface area contributed by atoms with Crippen molar-refractivity contribution in [1.82, 2.24) is 18.6 Å². The van der Waals surface area contributed by atoms with Crippen LogP contribution in [0.25, 0.3) is 0 Å². The number of halogens is 5. The molecule has 0 aliphatic carbocycles. The predicted octanol–water partition coefficient (Wildman–Crippen LogP) is 4.53. The van der Waals surface area contributed by atoms with E-state index in [1.807, 2.05) is 0 Å². The highest BCUT2D eigenvalue weighted by atomic mass is 32.2. The highest BCUT2D eigenvalue weighted by Gasteiger charge is 2.53. The van der Waals surface area contributed by atoms with Gasteiger partial charge in [0, 0.05) is 45.0 Å². The Hall–Kier alpha value is -3.60. The van der Waals surface area contributed by atoms with E-state index in [2.05, 4.69) is 5.32 Å². The normalized spacial score (nSPS) is 22.1. The zero-order valence-electron chi connectivity index (χ0n) is 25.4. The summed E-state index contributed by atoms with van der Waals surface area (Å²) in [4.78, 5) is 27.6. The minimum Gasteiger partial charge on any atom is -0.509 e. The summed E-state index contributed by atoms with van der Waals surface area (Å²) in [7, 11) is -0.997. The van der Waals surface area contributed by atoms with Gasteiger partial charge in [-0.1, -0.05) is 12.1 Å². The molecule has 2 aromatic carbocycles. The molecule has 1 atom stereocenters. The number of aliphatic hydroxyl groups is 1. The van der Waals surface area contributed by atoms with E-state index in [9.17, 15) is 45.1 Å². The van der Waals surface area contributed by atoms with Gasteiger partial charge in [-0.25, -0.2) is 13.8 Å². The zero-order valence-corrected chi connectivity index (χ0v) is 26.2. The number of nitrogens with one attached hydrogen (secondary N) is 1. The van der Waals surface area contributed by atoms with Gasteiger partial charge in [0.25, 0.3) is 22.0 Å². The first-order chi connectivity index (χ1) is 21.5. The number of nitrogens with zero attached hydrogens (tertiary/aromatic N) is 4. The topological polar surface area (TPSA) is 114 Å². The lowest BCUT2D eigenvalue weighted by molar-refractivity contribution is -0.160. The molecule has 1 unspecified atom stereocenters. The molecule has 250 valence electrons. The number of hydrogen-bond acceptors (Lipinski definition) is 6. The van der Waals surface area contributed by atoms with E-state index in [0.717, 1.165) is 33.6 Å². The van der Waals surface area contributed by atoms with Crippen LogP contribution in [0.2, 0.25) is 0 Å². The van der Waals surface area contributed by atoms with E-state index >= 15 is 0 Å². The molecule has 10 nitrogen and oxygen atoms in total. The Kier molecular flexibility index (Phi) is 8.96. The number of carbonyl (C=O) groups excluding carboxylic acids is 2. The molecule has 46 heavy (non-hydrogen) atoms. The third-order valence-corrected chi connectivity index (χ3v) is 10.9. The fourth-order valence-electron chi connectivity index (χ4n) is 6.38. The number of amides is 2. The molecule has 0 spiro atoms. The molecule has 2 fully saturated rings. The highest BCUT2D eigenvalue weighted by Crippen LogP contribution is 2.43. The van der Waals surface area contributed by atoms with Crippen molar-refractivity contribution in [2.45, 2.75) is 56.8 Å². The summed E-state index contributed by atoms with van der Waals surface area (Å²) >= 11 is 0. The smallest absolute Gasteiger partial charge is 0.416 e. The van der Waals surface area contributed by atoms with Crippen molar-refractivity contribution < 1.29 is 45.1 Å². The lowest BCUT2D eigenvalue weighted by atomic mass is 9.87. The molecular formula is C30H34F5N5O5S. The number of aliphatic hydroxyl groups excluding tert-OH is 1. The van der Waals surface area contributed by atoms with Gasteiger partial charge in [0.05, 0.1) is 17.6 Å². The predicted molar refractivity (Wildman–Crippen MR) is 157 cm³/mol. The van der Waals surface area contributed by atoms with Crippen molar-refractivity contribution in [3.63, 3.8) is 0 Å². The first-order valence-electron chi connectivity index (χ1n) is 14.6. The second kappa shape index (κ2) is 12.2. The van der Waals surface area contributed by atoms with Crippen molar-refractivity contribution >= 4 is 27.7 Å². The van der Waals surface area contributed by atoms with Gasteiger partial charge in [0.1, 0.15) is 11.3 Å². The van der Waals surface area contributed by atoms with Gasteiger partial charge in [-0.15, -0.1) is 0 Å². The maximum Gasteiger partial charge on any atom is 0.416 e. The van der Waals surface area contributed by atoms with Crippen LogP contribution in [0.15, 0.2) is 47.7 Å². The van der Waals surface area contributed by atoms with Crippen LogP contribution in [0.1, 0.15) is 55.2 Å². The summed E-state index contributed by atoms with van der Waals surface area (Å²) in [5.41, 5.74) is -2.98. The van der Waals surface area contributed by atoms with E-state index in [1.54, 1.807) is 6.92 Å². The molecule has 0 radical (unpaired) electrons. The molecular weight excluding hydrogens is 637 g/mol. The van der Waals surface area contributed by atoms with Crippen LogP contribution in [0.4, 0.5) is 27.6 Å². The molecule has 16 heteroatoms. The van der Waals surface area contributed by atoms with Gasteiger partial charge in [-0.05, 0) is 68.4 Å². The summed E-state index contributed by atoms with van der Waals surface area (Å²) in [6, 6.07) is 6.23. The average molecular weight is 672 g/mol. The highest BCUT2D eigenvalue weighted by molar-refractivity contribution is 7.86. The lowest BCUT2D eigenvalue weighted by Gasteiger charge is -2.46. The Morgan fingerprint density at radius 3 is 2.41 bits per heavy atom. The number of carbonyl (C=O) groups is 2. The van der Waals surface area contributed by atoms with Crippen molar-refractivity contribution in [2.24, 2.45) is 0 Å². The van der Waals surface area contributed by atoms with Crippen molar-refractivity contribution in [3.05, 3.63) is 76.1 Å². The first kappa shape index (κ1) is 33.8. The van der Waals surface area contributed by atoms with Gasteiger partial charge in [0.15, 0.2) is 11.6 Å². The number of anilines is 1. The second-order valence-electron chi connectivity index (χ2n) is 12.0. The van der Waals surface area contributed by atoms with Crippen LogP contribution >= 0.6 is 0 Å². The largest absolute Gasteiger partial charge is 0.509 e. The molecule has 2 amide bonds. The van der Waals surface area contributed by atoms with E-state index in [-0.39, 0.29) is 49.3 Å². The molecule has 5 rings (SSSR count). The number of fused-ring (bicyclic) bond motifs is 1. The fraction of sp³-hybridized carbons (Fsp3) is 0.467.